The summed E-state index contributed by atoms with van der Waals surface area (Å²) < 4.78 is 0.421. The fourth-order valence-corrected chi connectivity index (χ4v) is 2.21. The lowest BCUT2D eigenvalue weighted by Gasteiger charge is -2.18. The molecule has 0 fully saturated rings. The van der Waals surface area contributed by atoms with Crippen molar-refractivity contribution in [1.82, 2.24) is 15.1 Å². The average molecular weight is 263 g/mol. The average Bonchev–Trinajstić information content (AvgIpc) is 2.59. The van der Waals surface area contributed by atoms with Crippen molar-refractivity contribution in [2.24, 2.45) is 5.73 Å². The molecular formula is C9H15ClN4OS. The molecule has 1 amide bonds. The van der Waals surface area contributed by atoms with E-state index in [2.05, 4.69) is 17.1 Å². The van der Waals surface area contributed by atoms with Gasteiger partial charge >= 0.3 is 0 Å². The van der Waals surface area contributed by atoms with E-state index in [-0.39, 0.29) is 12.5 Å². The number of rotatable bonds is 7. The molecule has 0 saturated heterocycles. The first-order chi connectivity index (χ1) is 7.61. The maximum Gasteiger partial charge on any atom is 0.231 e. The largest absolute Gasteiger partial charge is 0.369 e. The molecule has 0 aromatic carbocycles. The Morgan fingerprint density at radius 1 is 1.56 bits per heavy atom. The Morgan fingerprint density at radius 2 is 2.31 bits per heavy atom. The summed E-state index contributed by atoms with van der Waals surface area (Å²) in [6, 6.07) is 0. The molecule has 1 aromatic rings. The van der Waals surface area contributed by atoms with E-state index in [0.29, 0.717) is 11.0 Å². The zero-order valence-corrected chi connectivity index (χ0v) is 10.7. The van der Waals surface area contributed by atoms with Crippen LogP contribution in [0.5, 0.6) is 0 Å². The van der Waals surface area contributed by atoms with Crippen LogP contribution in [-0.2, 0) is 11.3 Å². The zero-order valence-electron chi connectivity index (χ0n) is 9.15. The van der Waals surface area contributed by atoms with Gasteiger partial charge in [-0.3, -0.25) is 9.69 Å². The van der Waals surface area contributed by atoms with E-state index in [4.69, 9.17) is 17.3 Å². The van der Waals surface area contributed by atoms with Crippen molar-refractivity contribution in [1.29, 1.82) is 0 Å². The highest BCUT2D eigenvalue weighted by Crippen LogP contribution is 2.16. The number of aromatic nitrogens is 2. The Hall–Kier alpha value is -0.720. The summed E-state index contributed by atoms with van der Waals surface area (Å²) in [7, 11) is 0. The molecule has 7 heteroatoms. The van der Waals surface area contributed by atoms with Gasteiger partial charge in [0.15, 0.2) is 0 Å². The van der Waals surface area contributed by atoms with Gasteiger partial charge in [0, 0.05) is 0 Å². The smallest absolute Gasteiger partial charge is 0.231 e. The topological polar surface area (TPSA) is 72.1 Å². The van der Waals surface area contributed by atoms with E-state index in [1.54, 1.807) is 0 Å². The molecule has 0 radical (unpaired) electrons. The lowest BCUT2D eigenvalue weighted by atomic mass is 10.3. The molecular weight excluding hydrogens is 248 g/mol. The molecule has 0 spiro atoms. The van der Waals surface area contributed by atoms with E-state index in [1.807, 2.05) is 4.90 Å². The molecule has 2 N–H and O–H groups in total. The molecule has 1 heterocycles. The molecule has 0 saturated carbocycles. The van der Waals surface area contributed by atoms with Gasteiger partial charge in [0.05, 0.1) is 13.1 Å². The minimum absolute atomic E-state index is 0.247. The van der Waals surface area contributed by atoms with Gasteiger partial charge in [0.1, 0.15) is 5.01 Å². The number of carbonyl (C=O) groups excluding carboxylic acids is 1. The highest BCUT2D eigenvalue weighted by molar-refractivity contribution is 7.15. The summed E-state index contributed by atoms with van der Waals surface area (Å²) in [4.78, 5) is 12.9. The summed E-state index contributed by atoms with van der Waals surface area (Å²) >= 11 is 7.01. The molecule has 1 aromatic heterocycles. The molecule has 1 rings (SSSR count). The fourth-order valence-electron chi connectivity index (χ4n) is 1.30. The minimum Gasteiger partial charge on any atom is -0.369 e. The molecule has 0 atom stereocenters. The second-order valence-corrected chi connectivity index (χ2v) is 5.12. The first-order valence-corrected chi connectivity index (χ1v) is 6.29. The molecule has 90 valence electrons. The van der Waals surface area contributed by atoms with Gasteiger partial charge in [0.25, 0.3) is 0 Å². The van der Waals surface area contributed by atoms with Crippen molar-refractivity contribution in [3.05, 3.63) is 9.47 Å². The van der Waals surface area contributed by atoms with Crippen LogP contribution in [0.1, 0.15) is 24.8 Å². The van der Waals surface area contributed by atoms with E-state index in [1.165, 1.54) is 11.3 Å². The molecule has 0 aliphatic rings. The summed E-state index contributed by atoms with van der Waals surface area (Å²) in [5.74, 6) is -0.327. The van der Waals surface area contributed by atoms with Gasteiger partial charge in [0.2, 0.25) is 10.4 Å². The van der Waals surface area contributed by atoms with Gasteiger partial charge in [-0.25, -0.2) is 0 Å². The maximum absolute atomic E-state index is 10.9. The van der Waals surface area contributed by atoms with Crippen molar-refractivity contribution in [2.45, 2.75) is 26.3 Å². The Labute approximate surface area is 104 Å². The lowest BCUT2D eigenvalue weighted by molar-refractivity contribution is -0.119. The quantitative estimate of drug-likeness (QED) is 0.803. The molecule has 5 nitrogen and oxygen atoms in total. The minimum atomic E-state index is -0.327. The highest BCUT2D eigenvalue weighted by Gasteiger charge is 2.11. The van der Waals surface area contributed by atoms with Gasteiger partial charge in [-0.05, 0) is 24.6 Å². The van der Waals surface area contributed by atoms with Gasteiger partial charge in [-0.15, -0.1) is 10.2 Å². The van der Waals surface area contributed by atoms with Crippen molar-refractivity contribution in [3.8, 4) is 0 Å². The first-order valence-electron chi connectivity index (χ1n) is 5.10. The monoisotopic (exact) mass is 262 g/mol. The number of nitrogens with zero attached hydrogens (tertiary/aromatic N) is 3. The van der Waals surface area contributed by atoms with E-state index >= 15 is 0 Å². The van der Waals surface area contributed by atoms with Crippen LogP contribution in [0.3, 0.4) is 0 Å². The molecule has 0 unspecified atom stereocenters. The predicted octanol–water partition coefficient (Wildman–Crippen LogP) is 1.28. The van der Waals surface area contributed by atoms with Crippen LogP contribution in [0.2, 0.25) is 4.47 Å². The number of hydrogen-bond donors (Lipinski definition) is 1. The van der Waals surface area contributed by atoms with E-state index < -0.39 is 0 Å². The van der Waals surface area contributed by atoms with Crippen LogP contribution in [0.4, 0.5) is 0 Å². The van der Waals surface area contributed by atoms with Crippen molar-refractivity contribution in [2.75, 3.05) is 13.1 Å². The van der Waals surface area contributed by atoms with Crippen LogP contribution in [0.15, 0.2) is 0 Å². The van der Waals surface area contributed by atoms with Crippen LogP contribution in [0, 0.1) is 0 Å². The lowest BCUT2D eigenvalue weighted by Crippen LogP contribution is -2.34. The number of nitrogens with two attached hydrogens (primary N) is 1. The SMILES string of the molecule is CCCCN(CC(N)=O)Cc1nnc(Cl)s1. The molecule has 0 aliphatic carbocycles. The summed E-state index contributed by atoms with van der Waals surface area (Å²) in [6.45, 7) is 3.76. The van der Waals surface area contributed by atoms with E-state index in [0.717, 1.165) is 24.4 Å². The normalized spacial score (nSPS) is 10.9. The number of primary amides is 1. The van der Waals surface area contributed by atoms with Crippen molar-refractivity contribution >= 4 is 28.8 Å². The molecule has 0 bridgehead atoms. The summed E-state index contributed by atoms with van der Waals surface area (Å²) in [5, 5.41) is 8.44. The number of unbranched alkanes of at least 4 members (excludes halogenated alkanes) is 1. The van der Waals surface area contributed by atoms with Gasteiger partial charge in [-0.2, -0.15) is 0 Å². The first kappa shape index (κ1) is 13.3. The summed E-state index contributed by atoms with van der Waals surface area (Å²) in [6.07, 6.45) is 2.10. The number of carbonyl (C=O) groups is 1. The van der Waals surface area contributed by atoms with Crippen molar-refractivity contribution < 1.29 is 4.79 Å². The Morgan fingerprint density at radius 3 is 2.81 bits per heavy atom. The standard InChI is InChI=1S/C9H15ClN4OS/c1-2-3-4-14(5-7(11)15)6-8-12-13-9(10)16-8/h2-6H2,1H3,(H2,11,15). The van der Waals surface area contributed by atoms with Gasteiger partial charge < -0.3 is 5.73 Å². The van der Waals surface area contributed by atoms with Crippen molar-refractivity contribution in [3.63, 3.8) is 0 Å². The second-order valence-electron chi connectivity index (χ2n) is 3.48. The molecule has 16 heavy (non-hydrogen) atoms. The summed E-state index contributed by atoms with van der Waals surface area (Å²) in [5.41, 5.74) is 5.18. The number of hydrogen-bond acceptors (Lipinski definition) is 5. The Kier molecular flexibility index (Phi) is 5.65. The maximum atomic E-state index is 10.9. The fraction of sp³-hybridized carbons (Fsp3) is 0.667. The zero-order chi connectivity index (χ0) is 12.0. The number of amides is 1. The Bertz CT molecular complexity index is 344. The predicted molar refractivity (Wildman–Crippen MR) is 64.3 cm³/mol. The van der Waals surface area contributed by atoms with Gasteiger partial charge in [-0.1, -0.05) is 24.7 Å². The second kappa shape index (κ2) is 6.78. The Balaban J connectivity index is 2.51. The van der Waals surface area contributed by atoms with Crippen LogP contribution < -0.4 is 5.73 Å². The van der Waals surface area contributed by atoms with Crippen LogP contribution in [-0.4, -0.2) is 34.1 Å². The third-order valence-corrected chi connectivity index (χ3v) is 3.01. The van der Waals surface area contributed by atoms with Crippen LogP contribution in [0.25, 0.3) is 0 Å². The third kappa shape index (κ3) is 4.87. The third-order valence-electron chi connectivity index (χ3n) is 2.01. The highest BCUT2D eigenvalue weighted by atomic mass is 35.5. The molecule has 0 aliphatic heterocycles. The number of halogens is 1. The van der Waals surface area contributed by atoms with Crippen LogP contribution >= 0.6 is 22.9 Å². The van der Waals surface area contributed by atoms with E-state index in [9.17, 15) is 4.79 Å².